The van der Waals surface area contributed by atoms with Crippen LogP contribution in [0.25, 0.3) is 0 Å². The Hall–Kier alpha value is -2.23. The molecule has 2 heterocycles. The van der Waals surface area contributed by atoms with Crippen LogP contribution in [0, 0.1) is 11.7 Å². The van der Waals surface area contributed by atoms with E-state index >= 15 is 0 Å². The highest BCUT2D eigenvalue weighted by Gasteiger charge is 2.32. The largest absolute Gasteiger partial charge is 0.394 e. The summed E-state index contributed by atoms with van der Waals surface area (Å²) in [6.45, 7) is 1.52. The smallest absolute Gasteiger partial charge is 0.319 e. The second-order valence-electron chi connectivity index (χ2n) is 7.71. The number of ether oxygens (including phenoxy) is 2. The first-order chi connectivity index (χ1) is 14.6. The van der Waals surface area contributed by atoms with E-state index in [-0.39, 0.29) is 36.3 Å². The Labute approximate surface area is 175 Å². The molecule has 4 N–H and O–H groups in total. The second-order valence-corrected chi connectivity index (χ2v) is 7.71. The van der Waals surface area contributed by atoms with Gasteiger partial charge in [0.15, 0.2) is 0 Å². The Morgan fingerprint density at radius 2 is 1.90 bits per heavy atom. The molecule has 9 heteroatoms. The van der Waals surface area contributed by atoms with Crippen LogP contribution in [0.2, 0.25) is 0 Å². The van der Waals surface area contributed by atoms with Crippen molar-refractivity contribution >= 4 is 17.6 Å². The average Bonchev–Trinajstić information content (AvgIpc) is 2.76. The van der Waals surface area contributed by atoms with Gasteiger partial charge in [0.25, 0.3) is 0 Å². The van der Waals surface area contributed by atoms with Crippen LogP contribution in [0.4, 0.5) is 14.9 Å². The highest BCUT2D eigenvalue weighted by molar-refractivity contribution is 5.89. The van der Waals surface area contributed by atoms with E-state index in [1.54, 1.807) is 12.1 Å². The molecular formula is C21H30FN3O5. The third-order valence-corrected chi connectivity index (χ3v) is 5.59. The molecule has 3 rings (SSSR count). The number of carbonyl (C=O) groups excluding carboxylic acids is 2. The van der Waals surface area contributed by atoms with Crippen LogP contribution in [-0.2, 0) is 14.3 Å². The summed E-state index contributed by atoms with van der Waals surface area (Å²) in [6.07, 6.45) is 2.79. The maximum Gasteiger partial charge on any atom is 0.319 e. The fraction of sp³-hybridized carbons (Fsp3) is 0.619. The second kappa shape index (κ2) is 11.2. The molecule has 1 aromatic carbocycles. The lowest BCUT2D eigenvalue weighted by molar-refractivity contribution is -0.128. The average molecular weight is 423 g/mol. The molecule has 0 bridgehead atoms. The summed E-state index contributed by atoms with van der Waals surface area (Å²) in [6, 6.07) is 4.98. The fourth-order valence-electron chi connectivity index (χ4n) is 3.86. The van der Waals surface area contributed by atoms with Crippen molar-refractivity contribution in [1.82, 2.24) is 10.6 Å². The maximum absolute atomic E-state index is 13.7. The van der Waals surface area contributed by atoms with Crippen LogP contribution in [0.1, 0.15) is 32.1 Å². The van der Waals surface area contributed by atoms with Gasteiger partial charge < -0.3 is 30.5 Å². The molecule has 30 heavy (non-hydrogen) atoms. The van der Waals surface area contributed by atoms with Gasteiger partial charge in [-0.2, -0.15) is 0 Å². The molecule has 0 radical (unpaired) electrons. The zero-order chi connectivity index (χ0) is 21.3. The van der Waals surface area contributed by atoms with Gasteiger partial charge in [0.2, 0.25) is 5.91 Å². The quantitative estimate of drug-likeness (QED) is 0.535. The molecule has 166 valence electrons. The molecule has 1 aromatic rings. The Balaban J connectivity index is 1.40. The Morgan fingerprint density at radius 1 is 1.13 bits per heavy atom. The molecule has 3 atom stereocenters. The van der Waals surface area contributed by atoms with E-state index in [1.807, 2.05) is 0 Å². The number of aliphatic hydroxyl groups excluding tert-OH is 1. The molecular weight excluding hydrogens is 393 g/mol. The van der Waals surface area contributed by atoms with Gasteiger partial charge in [0, 0.05) is 25.7 Å². The number of nitrogens with one attached hydrogen (secondary N) is 3. The number of para-hydroxylation sites is 1. The molecule has 2 aliphatic rings. The van der Waals surface area contributed by atoms with Gasteiger partial charge in [-0.3, -0.25) is 4.79 Å². The van der Waals surface area contributed by atoms with Crippen molar-refractivity contribution in [2.75, 3.05) is 31.7 Å². The zero-order valence-corrected chi connectivity index (χ0v) is 16.9. The summed E-state index contributed by atoms with van der Waals surface area (Å²) in [7, 11) is 0. The van der Waals surface area contributed by atoms with Crippen LogP contribution in [0.5, 0.6) is 0 Å². The van der Waals surface area contributed by atoms with E-state index in [4.69, 9.17) is 9.47 Å². The monoisotopic (exact) mass is 423 g/mol. The van der Waals surface area contributed by atoms with E-state index in [1.165, 1.54) is 12.1 Å². The Morgan fingerprint density at radius 3 is 2.63 bits per heavy atom. The van der Waals surface area contributed by atoms with Gasteiger partial charge in [0.05, 0.1) is 24.4 Å². The molecule has 3 amide bonds. The summed E-state index contributed by atoms with van der Waals surface area (Å²) in [5, 5.41) is 17.9. The van der Waals surface area contributed by atoms with E-state index in [2.05, 4.69) is 16.0 Å². The van der Waals surface area contributed by atoms with Crippen molar-refractivity contribution in [2.24, 2.45) is 5.92 Å². The molecule has 2 saturated heterocycles. The van der Waals surface area contributed by atoms with Crippen LogP contribution in [-0.4, -0.2) is 61.7 Å². The first kappa shape index (κ1) is 22.5. The van der Waals surface area contributed by atoms with Crippen molar-refractivity contribution in [3.05, 3.63) is 30.1 Å². The molecule has 2 fully saturated rings. The summed E-state index contributed by atoms with van der Waals surface area (Å²) >= 11 is 0. The van der Waals surface area contributed by atoms with E-state index in [9.17, 15) is 19.1 Å². The van der Waals surface area contributed by atoms with Crippen molar-refractivity contribution in [3.8, 4) is 0 Å². The van der Waals surface area contributed by atoms with Crippen LogP contribution >= 0.6 is 0 Å². The van der Waals surface area contributed by atoms with E-state index < -0.39 is 18.0 Å². The van der Waals surface area contributed by atoms with Crippen molar-refractivity contribution in [3.63, 3.8) is 0 Å². The van der Waals surface area contributed by atoms with Gasteiger partial charge >= 0.3 is 6.03 Å². The Bertz CT molecular complexity index is 714. The van der Waals surface area contributed by atoms with Crippen molar-refractivity contribution in [2.45, 2.75) is 50.4 Å². The summed E-state index contributed by atoms with van der Waals surface area (Å²) in [5.74, 6) is -0.455. The van der Waals surface area contributed by atoms with E-state index in [0.717, 1.165) is 12.8 Å². The van der Waals surface area contributed by atoms with Gasteiger partial charge in [-0.05, 0) is 44.2 Å². The highest BCUT2D eigenvalue weighted by atomic mass is 19.1. The van der Waals surface area contributed by atoms with Crippen LogP contribution < -0.4 is 16.0 Å². The molecule has 0 aromatic heterocycles. The van der Waals surface area contributed by atoms with Gasteiger partial charge in [-0.15, -0.1) is 0 Å². The number of anilines is 1. The lowest BCUT2D eigenvalue weighted by atomic mass is 9.96. The maximum atomic E-state index is 13.7. The SMILES string of the molecule is O=C(Nc1ccccc1F)N[C@@H]1CC[C@H](CCNC(=O)C2CCOCC2)O[C@@H]1CO. The van der Waals surface area contributed by atoms with Crippen molar-refractivity contribution < 1.29 is 28.6 Å². The van der Waals surface area contributed by atoms with Crippen LogP contribution in [0.3, 0.4) is 0 Å². The number of rotatable bonds is 7. The van der Waals surface area contributed by atoms with Gasteiger partial charge in [-0.25, -0.2) is 9.18 Å². The number of halogens is 1. The number of amides is 3. The number of hydrogen-bond donors (Lipinski definition) is 4. The Kier molecular flexibility index (Phi) is 8.41. The predicted octanol–water partition coefficient (Wildman–Crippen LogP) is 1.79. The summed E-state index contributed by atoms with van der Waals surface area (Å²) < 4.78 is 24.9. The lowest BCUT2D eigenvalue weighted by Crippen LogP contribution is -2.52. The third kappa shape index (κ3) is 6.38. The zero-order valence-electron chi connectivity index (χ0n) is 16.9. The number of hydrogen-bond acceptors (Lipinski definition) is 5. The fourth-order valence-corrected chi connectivity index (χ4v) is 3.86. The standard InChI is InChI=1S/C21H30FN3O5/c22-16-3-1-2-4-17(16)24-21(28)25-18-6-5-15(30-19(18)13-26)7-10-23-20(27)14-8-11-29-12-9-14/h1-4,14-15,18-19,26H,5-13H2,(H,23,27)(H2,24,25,28)/t15-,18-,19-/m1/s1. The third-order valence-electron chi connectivity index (χ3n) is 5.59. The topological polar surface area (TPSA) is 109 Å². The number of carbonyl (C=O) groups is 2. The summed E-state index contributed by atoms with van der Waals surface area (Å²) in [4.78, 5) is 24.4. The first-order valence-electron chi connectivity index (χ1n) is 10.5. The molecule has 8 nitrogen and oxygen atoms in total. The molecule has 0 spiro atoms. The van der Waals surface area contributed by atoms with Crippen LogP contribution in [0.15, 0.2) is 24.3 Å². The van der Waals surface area contributed by atoms with Gasteiger partial charge in [0.1, 0.15) is 11.9 Å². The highest BCUT2D eigenvalue weighted by Crippen LogP contribution is 2.22. The molecule has 0 aliphatic carbocycles. The molecule has 2 aliphatic heterocycles. The lowest BCUT2D eigenvalue weighted by Gasteiger charge is -2.36. The molecule has 0 unspecified atom stereocenters. The normalized spacial score (nSPS) is 24.8. The van der Waals surface area contributed by atoms with Crippen molar-refractivity contribution in [1.29, 1.82) is 0 Å². The first-order valence-corrected chi connectivity index (χ1v) is 10.5. The minimum Gasteiger partial charge on any atom is -0.394 e. The number of benzene rings is 1. The number of urea groups is 1. The van der Waals surface area contributed by atoms with Gasteiger partial charge in [-0.1, -0.05) is 12.1 Å². The minimum absolute atomic E-state index is 0.0118. The minimum atomic E-state index is -0.554. The summed E-state index contributed by atoms with van der Waals surface area (Å²) in [5.41, 5.74) is 0.0884. The predicted molar refractivity (Wildman–Crippen MR) is 108 cm³/mol. The number of aliphatic hydroxyl groups is 1. The van der Waals surface area contributed by atoms with E-state index in [0.29, 0.717) is 39.0 Å². The molecule has 0 saturated carbocycles.